The minimum Gasteiger partial charge on any atom is -0.467 e. The summed E-state index contributed by atoms with van der Waals surface area (Å²) in [5.74, 6) is 0.184. The molecule has 0 saturated heterocycles. The summed E-state index contributed by atoms with van der Waals surface area (Å²) in [4.78, 5) is 31.1. The summed E-state index contributed by atoms with van der Waals surface area (Å²) >= 11 is 13.5. The van der Waals surface area contributed by atoms with E-state index in [2.05, 4.69) is 15.6 Å². The van der Waals surface area contributed by atoms with E-state index in [1.54, 1.807) is 54.0 Å². The van der Waals surface area contributed by atoms with Gasteiger partial charge in [0.05, 0.1) is 30.1 Å². The van der Waals surface area contributed by atoms with Crippen LogP contribution < -0.4 is 10.6 Å². The van der Waals surface area contributed by atoms with Crippen molar-refractivity contribution in [2.75, 3.05) is 32.1 Å². The number of rotatable bonds is 11. The first-order chi connectivity index (χ1) is 15.5. The van der Waals surface area contributed by atoms with E-state index in [0.29, 0.717) is 46.3 Å². The Hall–Kier alpha value is -2.59. The first-order valence-electron chi connectivity index (χ1n) is 9.71. The van der Waals surface area contributed by atoms with Crippen LogP contribution in [0.2, 0.25) is 10.0 Å². The normalized spacial score (nSPS) is 10.7. The molecule has 32 heavy (non-hydrogen) atoms. The number of nitrogens with zero attached hydrogens (tertiary/aromatic N) is 2. The van der Waals surface area contributed by atoms with Crippen LogP contribution in [0.1, 0.15) is 22.7 Å². The maximum absolute atomic E-state index is 13.0. The number of hydrogen-bond acceptors (Lipinski definition) is 7. The molecule has 0 atom stereocenters. The van der Waals surface area contributed by atoms with Gasteiger partial charge in [-0.05, 0) is 30.3 Å². The maximum atomic E-state index is 13.0. The van der Waals surface area contributed by atoms with Crippen molar-refractivity contribution in [2.24, 2.45) is 0 Å². The number of carbonyl (C=O) groups is 2. The number of hydrogen-bond donors (Lipinski definition) is 2. The van der Waals surface area contributed by atoms with Crippen LogP contribution in [-0.2, 0) is 16.1 Å². The first-order valence-corrected chi connectivity index (χ1v) is 11.3. The number of amides is 2. The maximum Gasteiger partial charge on any atom is 0.273 e. The summed E-state index contributed by atoms with van der Waals surface area (Å²) in [5.41, 5.74) is 0.861. The van der Waals surface area contributed by atoms with Crippen LogP contribution in [0.25, 0.3) is 0 Å². The number of ether oxygens (including phenoxy) is 1. The van der Waals surface area contributed by atoms with Crippen molar-refractivity contribution in [1.29, 1.82) is 0 Å². The molecule has 2 heterocycles. The Morgan fingerprint density at radius 1 is 1.25 bits per heavy atom. The number of thiazole rings is 1. The number of carbonyl (C=O) groups excluding carboxylic acids is 2. The Morgan fingerprint density at radius 3 is 2.84 bits per heavy atom. The van der Waals surface area contributed by atoms with Crippen molar-refractivity contribution in [3.05, 3.63) is 63.5 Å². The Kier molecular flexibility index (Phi) is 8.92. The quantitative estimate of drug-likeness (QED) is 0.403. The fraction of sp³-hybridized carbons (Fsp3) is 0.286. The lowest BCUT2D eigenvalue weighted by Gasteiger charge is -2.21. The van der Waals surface area contributed by atoms with Gasteiger partial charge in [-0.3, -0.25) is 9.59 Å². The van der Waals surface area contributed by atoms with Gasteiger partial charge in [0.1, 0.15) is 11.5 Å². The Labute approximate surface area is 199 Å². The second-order valence-corrected chi connectivity index (χ2v) is 8.38. The van der Waals surface area contributed by atoms with Crippen LogP contribution in [0.15, 0.2) is 46.4 Å². The van der Waals surface area contributed by atoms with Crippen LogP contribution in [0.5, 0.6) is 0 Å². The summed E-state index contributed by atoms with van der Waals surface area (Å²) in [5, 5.41) is 9.01. The predicted octanol–water partition coefficient (Wildman–Crippen LogP) is 4.58. The van der Waals surface area contributed by atoms with Crippen molar-refractivity contribution in [2.45, 2.75) is 13.0 Å². The zero-order valence-corrected chi connectivity index (χ0v) is 19.6. The summed E-state index contributed by atoms with van der Waals surface area (Å²) in [7, 11) is 1.55. The predicted molar refractivity (Wildman–Crippen MR) is 125 cm³/mol. The molecule has 0 aliphatic carbocycles. The number of nitrogens with one attached hydrogen (secondary N) is 2. The van der Waals surface area contributed by atoms with E-state index in [1.165, 1.54) is 11.3 Å². The lowest BCUT2D eigenvalue weighted by molar-refractivity contribution is -0.121. The second kappa shape index (κ2) is 11.9. The van der Waals surface area contributed by atoms with Gasteiger partial charge in [-0.25, -0.2) is 4.98 Å². The molecule has 2 aromatic heterocycles. The lowest BCUT2D eigenvalue weighted by atomic mass is 10.3. The molecular formula is C21H22Cl2N4O4S. The van der Waals surface area contributed by atoms with E-state index in [1.807, 2.05) is 0 Å². The molecule has 0 unspecified atom stereocenters. The van der Waals surface area contributed by atoms with Gasteiger partial charge in [0.2, 0.25) is 5.91 Å². The standard InChI is InChI=1S/C21H22Cl2N4O4S/c1-30-10-8-27(7-6-19(28)24-12-15-3-2-9-31-15)20(29)18-13-32-21(26-18)25-17-11-14(22)4-5-16(17)23/h2-5,9,11,13H,6-8,10,12H2,1H3,(H,24,28)(H,25,26). The van der Waals surface area contributed by atoms with Crippen molar-refractivity contribution >= 4 is 57.2 Å². The zero-order valence-electron chi connectivity index (χ0n) is 17.3. The number of aromatic nitrogens is 1. The van der Waals surface area contributed by atoms with Gasteiger partial charge in [0.25, 0.3) is 5.91 Å². The van der Waals surface area contributed by atoms with Crippen LogP contribution in [0.4, 0.5) is 10.8 Å². The second-order valence-electron chi connectivity index (χ2n) is 6.68. The molecule has 3 rings (SSSR count). The highest BCUT2D eigenvalue weighted by Gasteiger charge is 2.20. The number of methoxy groups -OCH3 is 1. The largest absolute Gasteiger partial charge is 0.467 e. The van der Waals surface area contributed by atoms with Crippen molar-refractivity contribution in [3.8, 4) is 0 Å². The third-order valence-corrected chi connectivity index (χ3v) is 5.72. The van der Waals surface area contributed by atoms with Gasteiger partial charge in [-0.15, -0.1) is 11.3 Å². The first kappa shape index (κ1) is 24.1. The molecule has 0 aliphatic rings. The molecule has 0 saturated carbocycles. The molecule has 0 bridgehead atoms. The van der Waals surface area contributed by atoms with E-state index in [4.69, 9.17) is 32.4 Å². The molecule has 170 valence electrons. The third kappa shape index (κ3) is 6.96. The Bertz CT molecular complexity index is 1040. The van der Waals surface area contributed by atoms with Gasteiger partial charge in [-0.1, -0.05) is 23.2 Å². The third-order valence-electron chi connectivity index (χ3n) is 4.39. The van der Waals surface area contributed by atoms with Crippen LogP contribution in [0.3, 0.4) is 0 Å². The summed E-state index contributed by atoms with van der Waals surface area (Å²) in [6, 6.07) is 8.57. The lowest BCUT2D eigenvalue weighted by Crippen LogP contribution is -2.37. The van der Waals surface area contributed by atoms with Crippen LogP contribution in [-0.4, -0.2) is 48.5 Å². The average molecular weight is 497 g/mol. The van der Waals surface area contributed by atoms with Crippen LogP contribution >= 0.6 is 34.5 Å². The topological polar surface area (TPSA) is 96.7 Å². The molecule has 8 nitrogen and oxygen atoms in total. The number of halogens is 2. The zero-order chi connectivity index (χ0) is 22.9. The Morgan fingerprint density at radius 2 is 2.09 bits per heavy atom. The molecule has 0 spiro atoms. The highest BCUT2D eigenvalue weighted by atomic mass is 35.5. The minimum absolute atomic E-state index is 0.142. The van der Waals surface area contributed by atoms with Crippen LogP contribution in [0, 0.1) is 0 Å². The van der Waals surface area contributed by atoms with Gasteiger partial charge in [0, 0.05) is 37.0 Å². The van der Waals surface area contributed by atoms with Gasteiger partial charge in [0.15, 0.2) is 5.13 Å². The molecule has 1 aromatic carbocycles. The fourth-order valence-corrected chi connectivity index (χ4v) is 3.77. The smallest absolute Gasteiger partial charge is 0.273 e. The SMILES string of the molecule is COCCN(CCC(=O)NCc1ccco1)C(=O)c1csc(Nc2cc(Cl)ccc2Cl)n1. The van der Waals surface area contributed by atoms with E-state index in [9.17, 15) is 9.59 Å². The average Bonchev–Trinajstić information content (AvgIpc) is 3.47. The number of benzene rings is 1. The highest BCUT2D eigenvalue weighted by molar-refractivity contribution is 7.14. The molecule has 2 N–H and O–H groups in total. The van der Waals surface area contributed by atoms with Crippen molar-refractivity contribution in [3.63, 3.8) is 0 Å². The summed E-state index contributed by atoms with van der Waals surface area (Å²) in [6.45, 7) is 1.20. The van der Waals surface area contributed by atoms with Crippen molar-refractivity contribution < 1.29 is 18.7 Å². The molecular weight excluding hydrogens is 475 g/mol. The molecule has 0 fully saturated rings. The summed E-state index contributed by atoms with van der Waals surface area (Å²) < 4.78 is 10.3. The van der Waals surface area contributed by atoms with Crippen molar-refractivity contribution in [1.82, 2.24) is 15.2 Å². The Balaban J connectivity index is 1.59. The number of furan rings is 1. The summed E-state index contributed by atoms with van der Waals surface area (Å²) in [6.07, 6.45) is 1.69. The number of anilines is 2. The molecule has 11 heteroatoms. The monoisotopic (exact) mass is 496 g/mol. The van der Waals surface area contributed by atoms with Gasteiger partial charge in [-0.2, -0.15) is 0 Å². The van der Waals surface area contributed by atoms with Gasteiger partial charge < -0.3 is 24.7 Å². The molecule has 0 radical (unpaired) electrons. The van der Waals surface area contributed by atoms with E-state index >= 15 is 0 Å². The highest BCUT2D eigenvalue weighted by Crippen LogP contribution is 2.30. The van der Waals surface area contributed by atoms with E-state index in [0.717, 1.165) is 0 Å². The minimum atomic E-state index is -0.289. The molecule has 2 amide bonds. The van der Waals surface area contributed by atoms with E-state index < -0.39 is 0 Å². The molecule has 3 aromatic rings. The van der Waals surface area contributed by atoms with E-state index in [-0.39, 0.29) is 30.5 Å². The van der Waals surface area contributed by atoms with Gasteiger partial charge >= 0.3 is 0 Å². The molecule has 0 aliphatic heterocycles. The fourth-order valence-electron chi connectivity index (χ4n) is 2.74.